The van der Waals surface area contributed by atoms with Crippen molar-refractivity contribution in [2.75, 3.05) is 0 Å². The highest BCUT2D eigenvalue weighted by molar-refractivity contribution is 6.91. The first-order chi connectivity index (χ1) is 25.7. The van der Waals surface area contributed by atoms with Crippen LogP contribution in [-0.4, -0.2) is 40.6 Å². The Morgan fingerprint density at radius 3 is 0.796 bits per heavy atom. The average Bonchev–Trinajstić information content (AvgIpc) is 3.11. The van der Waals surface area contributed by atoms with Crippen LogP contribution in [0.4, 0.5) is 0 Å². The Kier molecular flexibility index (Phi) is 11.9. The molecule has 5 aliphatic carbocycles. The second kappa shape index (κ2) is 15.9. The van der Waals surface area contributed by atoms with Crippen molar-refractivity contribution in [3.05, 3.63) is 25.0 Å². The lowest BCUT2D eigenvalue weighted by molar-refractivity contribution is -0.140. The Bertz CT molecular complexity index is 1290. The minimum absolute atomic E-state index is 0.194. The van der Waals surface area contributed by atoms with Gasteiger partial charge in [0.25, 0.3) is 0 Å². The second-order valence-corrected chi connectivity index (χ2v) is 32.4. The van der Waals surface area contributed by atoms with Gasteiger partial charge in [0, 0.05) is 11.8 Å². The minimum Gasteiger partial charge on any atom is -0.491 e. The standard InChI is InChI=1S/C48H76O4Si2/c1-29(2)53(30(3)4,31(5)6)19-13-39-41-21-35-25-45-47(51-17-15-49-45)27-37(35)23-43(41)40(14-20-54(32(7)8,33(9)10)34(11)12)44-24-38-28-48-46(50-16-18-52-48)26-36(38)22-42(39)44/h15-18,29-48H,21-28H2,1-12H3. The summed E-state index contributed by atoms with van der Waals surface area (Å²) in [6, 6.07) is 0. The van der Waals surface area contributed by atoms with E-state index in [0.29, 0.717) is 92.4 Å². The molecule has 0 aromatic carbocycles. The molecule has 0 saturated heterocycles. The summed E-state index contributed by atoms with van der Waals surface area (Å²) >= 11 is 0. The van der Waals surface area contributed by atoms with Gasteiger partial charge in [-0.25, -0.2) is 0 Å². The Morgan fingerprint density at radius 2 is 0.593 bits per heavy atom. The SMILES string of the molecule is CC(C)[Si](C#CC1C2CC3CC4OC=COC4CC3CC2C(C#C[Si](C(C)C)(C(C)C)C(C)C)C2CC3CC4OC=COC4CC3CC12)(C(C)C)C(C)C. The Morgan fingerprint density at radius 1 is 0.370 bits per heavy atom. The van der Waals surface area contributed by atoms with Crippen molar-refractivity contribution in [3.8, 4) is 22.9 Å². The Hall–Kier alpha value is -1.77. The van der Waals surface area contributed by atoms with Crippen molar-refractivity contribution >= 4 is 16.1 Å². The van der Waals surface area contributed by atoms with E-state index in [9.17, 15) is 0 Å². The highest BCUT2D eigenvalue weighted by Crippen LogP contribution is 2.62. The van der Waals surface area contributed by atoms with Crippen LogP contribution in [-0.2, 0) is 18.9 Å². The van der Waals surface area contributed by atoms with Crippen molar-refractivity contribution in [2.45, 2.75) is 192 Å². The van der Waals surface area contributed by atoms with Crippen LogP contribution in [0, 0.1) is 82.1 Å². The summed E-state index contributed by atoms with van der Waals surface area (Å²) in [5.74, 6) is 14.8. The van der Waals surface area contributed by atoms with E-state index in [1.165, 1.54) is 25.7 Å². The van der Waals surface area contributed by atoms with Crippen LogP contribution in [0.3, 0.4) is 0 Å². The van der Waals surface area contributed by atoms with E-state index in [0.717, 1.165) is 25.7 Å². The topological polar surface area (TPSA) is 36.9 Å². The van der Waals surface area contributed by atoms with Gasteiger partial charge in [-0.05, 0) is 132 Å². The molecule has 7 rings (SSSR count). The van der Waals surface area contributed by atoms with Crippen LogP contribution in [0.15, 0.2) is 25.0 Å². The summed E-state index contributed by atoms with van der Waals surface area (Å²) < 4.78 is 25.0. The predicted molar refractivity (Wildman–Crippen MR) is 227 cm³/mol. The van der Waals surface area contributed by atoms with E-state index in [1.54, 1.807) is 25.0 Å². The molecule has 2 aliphatic heterocycles. The van der Waals surface area contributed by atoms with Gasteiger partial charge in [-0.3, -0.25) is 0 Å². The molecule has 0 radical (unpaired) electrons. The Balaban J connectivity index is 1.35. The van der Waals surface area contributed by atoms with E-state index < -0.39 is 16.1 Å². The van der Waals surface area contributed by atoms with Gasteiger partial charge < -0.3 is 18.9 Å². The van der Waals surface area contributed by atoms with Crippen LogP contribution < -0.4 is 0 Å². The van der Waals surface area contributed by atoms with E-state index in [2.05, 4.69) is 106 Å². The number of rotatable bonds is 6. The molecular formula is C48H76O4Si2. The lowest BCUT2D eigenvalue weighted by Crippen LogP contribution is -2.56. The molecule has 0 aromatic heterocycles. The van der Waals surface area contributed by atoms with Gasteiger partial charge in [0.05, 0.1) is 0 Å². The molecule has 12 unspecified atom stereocenters. The fraction of sp³-hybridized carbons (Fsp3) is 0.833. The van der Waals surface area contributed by atoms with Gasteiger partial charge in [-0.2, -0.15) is 0 Å². The predicted octanol–water partition coefficient (Wildman–Crippen LogP) is 12.3. The molecule has 5 saturated carbocycles. The van der Waals surface area contributed by atoms with Crippen molar-refractivity contribution in [1.29, 1.82) is 0 Å². The monoisotopic (exact) mass is 773 g/mol. The lowest BCUT2D eigenvalue weighted by atomic mass is 9.45. The smallest absolute Gasteiger partial charge is 0.145 e. The summed E-state index contributed by atoms with van der Waals surface area (Å²) in [6.45, 7) is 29.9. The molecule has 4 nitrogen and oxygen atoms in total. The summed E-state index contributed by atoms with van der Waals surface area (Å²) in [5.41, 5.74) is 12.6. The molecule has 12 atom stereocenters. The summed E-state index contributed by atoms with van der Waals surface area (Å²) in [6.07, 6.45) is 17.6. The highest BCUT2D eigenvalue weighted by atomic mass is 28.3. The first-order valence-electron chi connectivity index (χ1n) is 22.7. The number of hydrogen-bond donors (Lipinski definition) is 0. The van der Waals surface area contributed by atoms with Crippen LogP contribution in [0.25, 0.3) is 0 Å². The first kappa shape index (κ1) is 40.4. The van der Waals surface area contributed by atoms with E-state index >= 15 is 0 Å². The van der Waals surface area contributed by atoms with Crippen LogP contribution >= 0.6 is 0 Å². The largest absolute Gasteiger partial charge is 0.491 e. The zero-order chi connectivity index (χ0) is 38.7. The van der Waals surface area contributed by atoms with Gasteiger partial charge in [-0.15, -0.1) is 22.9 Å². The molecule has 7 aliphatic rings. The van der Waals surface area contributed by atoms with Gasteiger partial charge in [-0.1, -0.05) is 83.1 Å². The van der Waals surface area contributed by atoms with Crippen molar-refractivity contribution < 1.29 is 18.9 Å². The fourth-order valence-electron chi connectivity index (χ4n) is 14.9. The molecule has 0 aromatic rings. The van der Waals surface area contributed by atoms with Crippen molar-refractivity contribution in [1.82, 2.24) is 0 Å². The Labute approximate surface area is 333 Å². The minimum atomic E-state index is -1.91. The molecule has 5 fully saturated rings. The number of ether oxygens (including phenoxy) is 4. The van der Waals surface area contributed by atoms with Crippen LogP contribution in [0.2, 0.25) is 33.2 Å². The molecule has 0 spiro atoms. The maximum atomic E-state index is 6.25. The quantitative estimate of drug-likeness (QED) is 0.199. The second-order valence-electron chi connectivity index (χ2n) is 21.2. The summed E-state index contributed by atoms with van der Waals surface area (Å²) in [4.78, 5) is 0. The van der Waals surface area contributed by atoms with Gasteiger partial charge in [0.2, 0.25) is 0 Å². The van der Waals surface area contributed by atoms with Gasteiger partial charge >= 0.3 is 0 Å². The normalized spacial score (nSPS) is 39.7. The third-order valence-corrected chi connectivity index (χ3v) is 29.9. The first-order valence-corrected chi connectivity index (χ1v) is 27.1. The maximum absolute atomic E-state index is 6.25. The molecule has 0 bridgehead atoms. The summed E-state index contributed by atoms with van der Waals surface area (Å²) in [5, 5.41) is 0. The maximum Gasteiger partial charge on any atom is 0.145 e. The van der Waals surface area contributed by atoms with E-state index in [4.69, 9.17) is 18.9 Å². The third kappa shape index (κ3) is 6.96. The third-order valence-electron chi connectivity index (χ3n) is 17.3. The number of fused-ring (bicyclic) bond motifs is 6. The zero-order valence-corrected chi connectivity index (χ0v) is 38.1. The van der Waals surface area contributed by atoms with Gasteiger partial charge in [0.15, 0.2) is 0 Å². The summed E-state index contributed by atoms with van der Waals surface area (Å²) in [7, 11) is -3.81. The molecular weight excluding hydrogens is 697 g/mol. The molecule has 300 valence electrons. The molecule has 54 heavy (non-hydrogen) atoms. The molecule has 2 heterocycles. The van der Waals surface area contributed by atoms with Crippen LogP contribution in [0.1, 0.15) is 134 Å². The van der Waals surface area contributed by atoms with Gasteiger partial charge in [0.1, 0.15) is 65.6 Å². The van der Waals surface area contributed by atoms with E-state index in [-0.39, 0.29) is 24.4 Å². The van der Waals surface area contributed by atoms with Crippen LogP contribution in [0.5, 0.6) is 0 Å². The van der Waals surface area contributed by atoms with Crippen molar-refractivity contribution in [2.24, 2.45) is 59.2 Å². The zero-order valence-electron chi connectivity index (χ0n) is 36.1. The average molecular weight is 773 g/mol. The van der Waals surface area contributed by atoms with E-state index in [1.807, 2.05) is 0 Å². The fourth-order valence-corrected chi connectivity index (χ4v) is 25.5. The molecule has 6 heteroatoms. The number of hydrogen-bond acceptors (Lipinski definition) is 4. The highest BCUT2D eigenvalue weighted by Gasteiger charge is 2.59. The van der Waals surface area contributed by atoms with Crippen molar-refractivity contribution in [3.63, 3.8) is 0 Å². The molecule has 0 N–H and O–H groups in total. The molecule has 0 amide bonds. The lowest BCUT2D eigenvalue weighted by Gasteiger charge is -2.60.